The van der Waals surface area contributed by atoms with Crippen molar-refractivity contribution in [3.63, 3.8) is 0 Å². The van der Waals surface area contributed by atoms with Crippen LogP contribution in [0.15, 0.2) is 55.3 Å². The number of anilines is 1. The molecule has 3 aromatic rings. The second-order valence-electron chi connectivity index (χ2n) is 7.03. The molecule has 1 aliphatic heterocycles. The van der Waals surface area contributed by atoms with Crippen molar-refractivity contribution in [2.45, 2.75) is 9.79 Å². The number of rotatable bonds is 6. The zero-order valence-corrected chi connectivity index (χ0v) is 18.6. The Bertz CT molecular complexity index is 1520. The molecule has 0 bridgehead atoms. The third kappa shape index (κ3) is 3.56. The summed E-state index contributed by atoms with van der Waals surface area (Å²) in [6.45, 7) is -0.226. The van der Waals surface area contributed by atoms with Gasteiger partial charge in [-0.2, -0.15) is 5.11 Å². The Labute approximate surface area is 183 Å². The van der Waals surface area contributed by atoms with Gasteiger partial charge in [0, 0.05) is 19.2 Å². The minimum Gasteiger partial charge on any atom is -0.369 e. The summed E-state index contributed by atoms with van der Waals surface area (Å²) in [6.07, 6.45) is 0. The van der Waals surface area contributed by atoms with Crippen LogP contribution >= 0.6 is 0 Å². The normalized spacial score (nSPS) is 14.3. The zero-order valence-electron chi connectivity index (χ0n) is 16.9. The van der Waals surface area contributed by atoms with Crippen LogP contribution in [-0.2, 0) is 26.9 Å². The molecule has 0 fully saturated rings. The van der Waals surface area contributed by atoms with Gasteiger partial charge in [-0.15, -0.1) is 5.11 Å². The topological polar surface area (TPSA) is 201 Å². The molecule has 0 saturated carbocycles. The van der Waals surface area contributed by atoms with E-state index in [1.165, 1.54) is 12.1 Å². The minimum atomic E-state index is -4.54. The lowest BCUT2D eigenvalue weighted by Gasteiger charge is -2.17. The molecular weight excluding hydrogens is 456 g/mol. The largest absolute Gasteiger partial charge is 0.369 e. The van der Waals surface area contributed by atoms with Gasteiger partial charge in [-0.05, 0) is 17.7 Å². The number of hydrogen-bond acceptors (Lipinski definition) is 10. The Morgan fingerprint density at radius 3 is 2.47 bits per heavy atom. The first kappa shape index (κ1) is 22.0. The van der Waals surface area contributed by atoms with Gasteiger partial charge in [0.25, 0.3) is 0 Å². The van der Waals surface area contributed by atoms with Crippen LogP contribution in [0, 0.1) is 0 Å². The molecular formula is C18H20N8O4S2. The number of primary sulfonamides is 1. The number of nitrogens with two attached hydrogens (primary N) is 3. The van der Waals surface area contributed by atoms with Gasteiger partial charge in [-0.25, -0.2) is 32.0 Å². The molecule has 4 rings (SSSR count). The maximum Gasteiger partial charge on any atom is 0.240 e. The van der Waals surface area contributed by atoms with Crippen molar-refractivity contribution in [3.05, 3.63) is 35.9 Å². The number of azo groups is 1. The summed E-state index contributed by atoms with van der Waals surface area (Å²) < 4.78 is 52.8. The Morgan fingerprint density at radius 1 is 1.09 bits per heavy atom. The SMILES string of the molecule is Cn1c(N)nc2c(-c3ccc(S(=O)(=O)CCN)c(S(N)(=O)=O)c3C3=NCN=N3)cccc21. The van der Waals surface area contributed by atoms with Gasteiger partial charge >= 0.3 is 0 Å². The number of fused-ring (bicyclic) bond motifs is 1. The lowest BCUT2D eigenvalue weighted by atomic mass is 9.97. The number of aromatic nitrogens is 2. The molecule has 14 heteroatoms. The average Bonchev–Trinajstić information content (AvgIpc) is 3.35. The predicted molar refractivity (Wildman–Crippen MR) is 119 cm³/mol. The number of hydrogen-bond donors (Lipinski definition) is 3. The molecule has 0 amide bonds. The van der Waals surface area contributed by atoms with Crippen molar-refractivity contribution in [2.24, 2.45) is 33.1 Å². The fourth-order valence-corrected chi connectivity index (χ4v) is 6.36. The minimum absolute atomic E-state index is 0.0284. The van der Waals surface area contributed by atoms with Crippen LogP contribution in [-0.4, -0.2) is 51.2 Å². The van der Waals surface area contributed by atoms with Gasteiger partial charge in [-0.3, -0.25) is 0 Å². The number of nitrogen functional groups attached to an aromatic ring is 1. The monoisotopic (exact) mass is 476 g/mol. The quantitative estimate of drug-likeness (QED) is 0.456. The molecule has 0 aliphatic carbocycles. The highest BCUT2D eigenvalue weighted by atomic mass is 32.2. The molecule has 0 radical (unpaired) electrons. The number of amidine groups is 1. The number of para-hydroxylation sites is 1. The van der Waals surface area contributed by atoms with Crippen LogP contribution in [0.5, 0.6) is 0 Å². The Balaban J connectivity index is 2.17. The lowest BCUT2D eigenvalue weighted by molar-refractivity contribution is 0.583. The number of benzene rings is 2. The van der Waals surface area contributed by atoms with E-state index in [2.05, 4.69) is 20.2 Å². The highest BCUT2D eigenvalue weighted by Gasteiger charge is 2.32. The molecule has 6 N–H and O–H groups in total. The van der Waals surface area contributed by atoms with E-state index in [-0.39, 0.29) is 30.6 Å². The van der Waals surface area contributed by atoms with Gasteiger partial charge in [0.15, 0.2) is 22.3 Å². The van der Waals surface area contributed by atoms with Gasteiger partial charge in [0.05, 0.1) is 27.2 Å². The molecule has 1 aromatic heterocycles. The van der Waals surface area contributed by atoms with Crippen LogP contribution in [0.3, 0.4) is 0 Å². The molecule has 0 spiro atoms. The van der Waals surface area contributed by atoms with Crippen LogP contribution in [0.2, 0.25) is 0 Å². The Morgan fingerprint density at radius 2 is 1.84 bits per heavy atom. The van der Waals surface area contributed by atoms with Gasteiger partial charge in [0.1, 0.15) is 4.90 Å². The summed E-state index contributed by atoms with van der Waals surface area (Å²) in [5, 5.41) is 13.2. The van der Waals surface area contributed by atoms with Crippen molar-refractivity contribution in [2.75, 3.05) is 24.7 Å². The van der Waals surface area contributed by atoms with Crippen LogP contribution in [0.1, 0.15) is 5.56 Å². The van der Waals surface area contributed by atoms with Gasteiger partial charge in [-0.1, -0.05) is 18.2 Å². The summed E-state index contributed by atoms with van der Waals surface area (Å²) in [6, 6.07) is 7.93. The number of aryl methyl sites for hydroxylation is 1. The molecule has 1 aliphatic rings. The van der Waals surface area contributed by atoms with E-state index in [9.17, 15) is 16.8 Å². The molecule has 0 unspecified atom stereocenters. The van der Waals surface area contributed by atoms with Gasteiger partial charge in [0.2, 0.25) is 16.0 Å². The summed E-state index contributed by atoms with van der Waals surface area (Å²) in [5.41, 5.74) is 13.3. The van der Waals surface area contributed by atoms with E-state index >= 15 is 0 Å². The number of sulfone groups is 1. The predicted octanol–water partition coefficient (Wildman–Crippen LogP) is 0.372. The number of nitrogens with zero attached hydrogens (tertiary/aromatic N) is 5. The van der Waals surface area contributed by atoms with Crippen molar-refractivity contribution in [1.82, 2.24) is 9.55 Å². The molecule has 2 aromatic carbocycles. The van der Waals surface area contributed by atoms with E-state index in [1.54, 1.807) is 29.8 Å². The third-order valence-corrected chi connectivity index (χ3v) is 7.94. The first-order chi connectivity index (χ1) is 15.1. The van der Waals surface area contributed by atoms with Crippen molar-refractivity contribution in [3.8, 4) is 11.1 Å². The van der Waals surface area contributed by atoms with Crippen LogP contribution in [0.25, 0.3) is 22.2 Å². The second kappa shape index (κ2) is 7.74. The van der Waals surface area contributed by atoms with E-state index in [0.717, 1.165) is 0 Å². The van der Waals surface area contributed by atoms with Crippen molar-refractivity contribution in [1.29, 1.82) is 0 Å². The summed E-state index contributed by atoms with van der Waals surface area (Å²) in [4.78, 5) is 7.43. The van der Waals surface area contributed by atoms with E-state index < -0.39 is 35.4 Å². The van der Waals surface area contributed by atoms with E-state index in [1.807, 2.05) is 0 Å². The maximum atomic E-state index is 12.8. The third-order valence-electron chi connectivity index (χ3n) is 5.04. The first-order valence-electron chi connectivity index (χ1n) is 9.32. The average molecular weight is 477 g/mol. The summed E-state index contributed by atoms with van der Waals surface area (Å²) in [5.74, 6) is -0.260. The Kier molecular flexibility index (Phi) is 5.32. The van der Waals surface area contributed by atoms with Crippen molar-refractivity contribution < 1.29 is 16.8 Å². The summed E-state index contributed by atoms with van der Waals surface area (Å²) in [7, 11) is -6.87. The standard InChI is InChI=1S/C18H20N8O4S2/c1-26-12-4-2-3-11(15(12)24-18(26)20)10-5-6-13(31(27,28)8-7-19)16(32(21,29)30)14(10)17-22-9-23-25-17/h2-6H,7-9,19H2,1H3,(H2,20,24)(H2,21,29,30). The maximum absolute atomic E-state index is 12.8. The summed E-state index contributed by atoms with van der Waals surface area (Å²) >= 11 is 0. The molecule has 12 nitrogen and oxygen atoms in total. The first-order valence-corrected chi connectivity index (χ1v) is 12.5. The highest BCUT2D eigenvalue weighted by Crippen LogP contribution is 2.38. The van der Waals surface area contributed by atoms with E-state index in [0.29, 0.717) is 22.2 Å². The smallest absolute Gasteiger partial charge is 0.240 e. The fraction of sp³-hybridized carbons (Fsp3) is 0.222. The zero-order chi connectivity index (χ0) is 23.3. The Hall–Kier alpha value is -3.20. The number of sulfonamides is 1. The second-order valence-corrected chi connectivity index (χ2v) is 10.6. The van der Waals surface area contributed by atoms with Crippen LogP contribution < -0.4 is 16.6 Å². The molecule has 0 atom stereocenters. The molecule has 32 heavy (non-hydrogen) atoms. The number of imidazole rings is 1. The molecule has 0 saturated heterocycles. The molecule has 168 valence electrons. The highest BCUT2D eigenvalue weighted by molar-refractivity contribution is 7.93. The van der Waals surface area contributed by atoms with Crippen molar-refractivity contribution >= 4 is 42.7 Å². The fourth-order valence-electron chi connectivity index (χ4n) is 3.61. The lowest BCUT2D eigenvalue weighted by Crippen LogP contribution is -2.24. The molecule has 2 heterocycles. The van der Waals surface area contributed by atoms with Crippen LogP contribution in [0.4, 0.5) is 5.95 Å². The van der Waals surface area contributed by atoms with Gasteiger partial charge < -0.3 is 16.0 Å². The number of aliphatic imine (C=N–C) groups is 1. The van der Waals surface area contributed by atoms with E-state index in [4.69, 9.17) is 16.6 Å².